The monoisotopic (exact) mass is 354 g/mol. The van der Waals surface area contributed by atoms with Gasteiger partial charge in [0.15, 0.2) is 5.17 Å². The first-order valence-corrected chi connectivity index (χ1v) is 10.2. The highest BCUT2D eigenvalue weighted by atomic mass is 32.2. The summed E-state index contributed by atoms with van der Waals surface area (Å²) in [6.07, 6.45) is 3.04. The van der Waals surface area contributed by atoms with Gasteiger partial charge in [0, 0.05) is 35.9 Å². The molecule has 1 saturated heterocycles. The minimum Gasteiger partial charge on any atom is -0.349 e. The molecule has 132 valence electrons. The number of hydrogen-bond donors (Lipinski definition) is 0. The summed E-state index contributed by atoms with van der Waals surface area (Å²) in [4.78, 5) is 12.3. The standard InChI is InChI=1S/C20H26N4S/c1-5-15-12-25-20-22-18(17-9-7-8-10-21-17)19(24(15)20)16-11-13(3)23(6-2)14(16)4/h7-11,15,18-19H,5-6,12H2,1-4H3/t15-,18+,19-/m1/s1. The Morgan fingerprint density at radius 3 is 2.72 bits per heavy atom. The maximum absolute atomic E-state index is 5.12. The van der Waals surface area contributed by atoms with E-state index in [-0.39, 0.29) is 12.1 Å². The molecule has 1 fully saturated rings. The van der Waals surface area contributed by atoms with Crippen molar-refractivity contribution in [3.05, 3.63) is 53.1 Å². The predicted octanol–water partition coefficient (Wildman–Crippen LogP) is 4.50. The van der Waals surface area contributed by atoms with Crippen molar-refractivity contribution < 1.29 is 0 Å². The summed E-state index contributed by atoms with van der Waals surface area (Å²) in [5.74, 6) is 1.15. The van der Waals surface area contributed by atoms with Crippen molar-refractivity contribution in [1.82, 2.24) is 14.5 Å². The Hall–Kier alpha value is -1.75. The van der Waals surface area contributed by atoms with Crippen LogP contribution in [0.2, 0.25) is 0 Å². The van der Waals surface area contributed by atoms with Crippen LogP contribution in [0.25, 0.3) is 0 Å². The Balaban J connectivity index is 1.83. The zero-order valence-electron chi connectivity index (χ0n) is 15.4. The Bertz CT molecular complexity index is 796. The van der Waals surface area contributed by atoms with Crippen molar-refractivity contribution in [2.24, 2.45) is 4.99 Å². The first-order valence-electron chi connectivity index (χ1n) is 9.22. The van der Waals surface area contributed by atoms with E-state index in [9.17, 15) is 0 Å². The summed E-state index contributed by atoms with van der Waals surface area (Å²) in [6.45, 7) is 9.98. The highest BCUT2D eigenvalue weighted by Gasteiger charge is 2.46. The molecule has 2 aliphatic rings. The molecule has 3 atom stereocenters. The fourth-order valence-electron chi connectivity index (χ4n) is 4.30. The van der Waals surface area contributed by atoms with Gasteiger partial charge in [-0.3, -0.25) is 9.98 Å². The van der Waals surface area contributed by atoms with Crippen molar-refractivity contribution in [2.75, 3.05) is 5.75 Å². The third-order valence-corrected chi connectivity index (χ3v) is 6.70. The summed E-state index contributed by atoms with van der Waals surface area (Å²) in [5.41, 5.74) is 5.19. The third kappa shape index (κ3) is 2.60. The lowest BCUT2D eigenvalue weighted by Crippen LogP contribution is -2.35. The van der Waals surface area contributed by atoms with Crippen LogP contribution >= 0.6 is 11.8 Å². The molecule has 0 radical (unpaired) electrons. The zero-order chi connectivity index (χ0) is 17.6. The maximum Gasteiger partial charge on any atom is 0.160 e. The van der Waals surface area contributed by atoms with Crippen molar-refractivity contribution in [2.45, 2.75) is 58.8 Å². The van der Waals surface area contributed by atoms with Crippen LogP contribution in [0.4, 0.5) is 0 Å². The smallest absolute Gasteiger partial charge is 0.160 e. The predicted molar refractivity (Wildman–Crippen MR) is 105 cm³/mol. The maximum atomic E-state index is 5.12. The van der Waals surface area contributed by atoms with E-state index < -0.39 is 0 Å². The topological polar surface area (TPSA) is 33.4 Å². The van der Waals surface area contributed by atoms with Gasteiger partial charge in [-0.1, -0.05) is 24.8 Å². The Morgan fingerprint density at radius 2 is 2.08 bits per heavy atom. The molecule has 2 aliphatic heterocycles. The molecule has 0 aromatic carbocycles. The molecule has 25 heavy (non-hydrogen) atoms. The number of fused-ring (bicyclic) bond motifs is 1. The van der Waals surface area contributed by atoms with Crippen LogP contribution in [-0.4, -0.2) is 31.4 Å². The van der Waals surface area contributed by atoms with Crippen molar-refractivity contribution in [1.29, 1.82) is 0 Å². The second kappa shape index (κ2) is 6.52. The summed E-state index contributed by atoms with van der Waals surface area (Å²) in [5, 5.41) is 1.20. The van der Waals surface area contributed by atoms with E-state index in [2.05, 4.69) is 60.3 Å². The molecule has 4 nitrogen and oxygen atoms in total. The lowest BCUT2D eigenvalue weighted by molar-refractivity contribution is 0.254. The largest absolute Gasteiger partial charge is 0.349 e. The second-order valence-electron chi connectivity index (χ2n) is 6.91. The molecule has 5 heteroatoms. The first-order chi connectivity index (χ1) is 12.2. The van der Waals surface area contributed by atoms with Crippen LogP contribution in [0.5, 0.6) is 0 Å². The number of amidine groups is 1. The van der Waals surface area contributed by atoms with Gasteiger partial charge in [-0.05, 0) is 51.0 Å². The van der Waals surface area contributed by atoms with E-state index in [1.54, 1.807) is 0 Å². The highest BCUT2D eigenvalue weighted by Crippen LogP contribution is 2.49. The van der Waals surface area contributed by atoms with E-state index in [4.69, 9.17) is 4.99 Å². The summed E-state index contributed by atoms with van der Waals surface area (Å²) in [7, 11) is 0. The van der Waals surface area contributed by atoms with Crippen LogP contribution in [0.15, 0.2) is 35.5 Å². The van der Waals surface area contributed by atoms with Crippen LogP contribution in [0.1, 0.15) is 55.0 Å². The van der Waals surface area contributed by atoms with Crippen molar-refractivity contribution in [3.8, 4) is 0 Å². The molecule has 0 bridgehead atoms. The molecular weight excluding hydrogens is 328 g/mol. The van der Waals surface area contributed by atoms with E-state index in [1.807, 2.05) is 24.0 Å². The number of nitrogens with zero attached hydrogens (tertiary/aromatic N) is 4. The number of hydrogen-bond acceptors (Lipinski definition) is 4. The molecule has 0 N–H and O–H groups in total. The zero-order valence-corrected chi connectivity index (χ0v) is 16.3. The molecule has 2 aromatic heterocycles. The molecular formula is C20H26N4S. The highest BCUT2D eigenvalue weighted by molar-refractivity contribution is 8.14. The minimum absolute atomic E-state index is 0.0869. The molecule has 4 rings (SSSR count). The lowest BCUT2D eigenvalue weighted by atomic mass is 9.95. The average molecular weight is 355 g/mol. The molecule has 4 heterocycles. The quantitative estimate of drug-likeness (QED) is 0.810. The molecule has 2 aromatic rings. The number of thioether (sulfide) groups is 1. The first kappa shape index (κ1) is 16.7. The van der Waals surface area contributed by atoms with E-state index in [0.717, 1.165) is 24.4 Å². The molecule has 0 amide bonds. The summed E-state index contributed by atoms with van der Waals surface area (Å²) < 4.78 is 2.41. The Morgan fingerprint density at radius 1 is 1.24 bits per heavy atom. The number of pyridine rings is 1. The van der Waals surface area contributed by atoms with E-state index in [1.165, 1.54) is 22.1 Å². The molecule has 0 aliphatic carbocycles. The fourth-order valence-corrected chi connectivity index (χ4v) is 5.64. The molecule has 0 spiro atoms. The number of rotatable bonds is 4. The number of aryl methyl sites for hydroxylation is 1. The van der Waals surface area contributed by atoms with Crippen LogP contribution in [-0.2, 0) is 6.54 Å². The third-order valence-electron chi connectivity index (χ3n) is 5.58. The Kier molecular flexibility index (Phi) is 4.36. The van der Waals surface area contributed by atoms with Gasteiger partial charge in [-0.2, -0.15) is 0 Å². The van der Waals surface area contributed by atoms with Gasteiger partial charge < -0.3 is 9.47 Å². The van der Waals surface area contributed by atoms with Crippen LogP contribution < -0.4 is 0 Å². The lowest BCUT2D eigenvalue weighted by Gasteiger charge is -2.32. The normalized spacial score (nSPS) is 25.4. The van der Waals surface area contributed by atoms with Crippen LogP contribution in [0, 0.1) is 13.8 Å². The molecule has 0 unspecified atom stereocenters. The van der Waals surface area contributed by atoms with Gasteiger partial charge in [0.1, 0.15) is 6.04 Å². The minimum atomic E-state index is 0.0869. The van der Waals surface area contributed by atoms with Gasteiger partial charge in [0.25, 0.3) is 0 Å². The second-order valence-corrected chi connectivity index (χ2v) is 7.89. The van der Waals surface area contributed by atoms with Crippen LogP contribution in [0.3, 0.4) is 0 Å². The van der Waals surface area contributed by atoms with Gasteiger partial charge in [-0.25, -0.2) is 0 Å². The number of aromatic nitrogens is 2. The van der Waals surface area contributed by atoms with E-state index >= 15 is 0 Å². The summed E-state index contributed by atoms with van der Waals surface area (Å²) in [6, 6.07) is 9.45. The number of aliphatic imine (C=N–C) groups is 1. The Labute approximate surface area is 154 Å². The van der Waals surface area contributed by atoms with Gasteiger partial charge in [-0.15, -0.1) is 0 Å². The molecule has 0 saturated carbocycles. The van der Waals surface area contributed by atoms with Gasteiger partial charge >= 0.3 is 0 Å². The SMILES string of the molecule is CC[C@@H]1CSC2=N[C@@H](c3ccccn3)[C@@H](c3cc(C)n(CC)c3C)N21. The fraction of sp³-hybridized carbons (Fsp3) is 0.500. The average Bonchev–Trinajstić information content (AvgIpc) is 3.27. The van der Waals surface area contributed by atoms with E-state index in [0.29, 0.717) is 6.04 Å². The van der Waals surface area contributed by atoms with Gasteiger partial charge in [0.2, 0.25) is 0 Å². The van der Waals surface area contributed by atoms with Gasteiger partial charge in [0.05, 0.1) is 11.7 Å². The summed E-state index contributed by atoms with van der Waals surface area (Å²) >= 11 is 1.91. The van der Waals surface area contributed by atoms with Crippen molar-refractivity contribution in [3.63, 3.8) is 0 Å². The van der Waals surface area contributed by atoms with Crippen molar-refractivity contribution >= 4 is 16.9 Å².